The molecule has 0 N–H and O–H groups in total. The standard InChI is InChI=1S/C6H14BBrO2/c1-3-5-9-7(8)10-6-4-2/h3-6H2,1-2H3. The Labute approximate surface area is 71.4 Å². The molecule has 0 amide bonds. The second kappa shape index (κ2) is 7.57. The van der Waals surface area contributed by atoms with E-state index >= 15 is 0 Å². The van der Waals surface area contributed by atoms with Crippen LogP contribution in [0, 0.1) is 0 Å². The van der Waals surface area contributed by atoms with Crippen molar-refractivity contribution in [3.05, 3.63) is 0 Å². The number of hydrogen-bond donors (Lipinski definition) is 0. The number of hydrogen-bond acceptors (Lipinski definition) is 2. The van der Waals surface area contributed by atoms with Gasteiger partial charge in [0.25, 0.3) is 0 Å². The lowest BCUT2D eigenvalue weighted by molar-refractivity contribution is 0.216. The predicted octanol–water partition coefficient (Wildman–Crippen LogP) is 2.22. The van der Waals surface area contributed by atoms with Crippen molar-refractivity contribution < 1.29 is 9.31 Å². The van der Waals surface area contributed by atoms with E-state index in [2.05, 4.69) is 29.6 Å². The van der Waals surface area contributed by atoms with Gasteiger partial charge in [0.2, 0.25) is 0 Å². The van der Waals surface area contributed by atoms with Gasteiger partial charge in [0.15, 0.2) is 0 Å². The van der Waals surface area contributed by atoms with Gasteiger partial charge in [-0.3, -0.25) is 0 Å². The molecule has 0 aromatic heterocycles. The summed E-state index contributed by atoms with van der Waals surface area (Å²) in [6.45, 7) is 5.64. The highest BCUT2D eigenvalue weighted by Crippen LogP contribution is 1.99. The lowest BCUT2D eigenvalue weighted by Crippen LogP contribution is -2.16. The summed E-state index contributed by atoms with van der Waals surface area (Å²) in [4.78, 5) is 0. The zero-order valence-electron chi connectivity index (χ0n) is 6.60. The quantitative estimate of drug-likeness (QED) is 0.624. The molecule has 4 heteroatoms. The predicted molar refractivity (Wildman–Crippen MR) is 47.2 cm³/mol. The Bertz CT molecular complexity index is 64.8. The van der Waals surface area contributed by atoms with Crippen LogP contribution in [0.25, 0.3) is 0 Å². The van der Waals surface area contributed by atoms with Gasteiger partial charge in [0.1, 0.15) is 0 Å². The van der Waals surface area contributed by atoms with Crippen LogP contribution in [0.1, 0.15) is 26.7 Å². The van der Waals surface area contributed by atoms with E-state index < -0.39 is 0 Å². The monoisotopic (exact) mass is 208 g/mol. The average molecular weight is 209 g/mol. The largest absolute Gasteiger partial charge is 0.539 e. The van der Waals surface area contributed by atoms with Crippen LogP contribution in [0.3, 0.4) is 0 Å². The summed E-state index contributed by atoms with van der Waals surface area (Å²) in [5.74, 6) is -0.215. The van der Waals surface area contributed by atoms with Crippen molar-refractivity contribution in [1.82, 2.24) is 0 Å². The van der Waals surface area contributed by atoms with E-state index in [0.717, 1.165) is 26.1 Å². The van der Waals surface area contributed by atoms with Gasteiger partial charge in [-0.15, -0.1) is 0 Å². The summed E-state index contributed by atoms with van der Waals surface area (Å²) in [7, 11) is 0. The summed E-state index contributed by atoms with van der Waals surface area (Å²) in [5, 5.41) is 0. The average Bonchev–Trinajstić information content (AvgIpc) is 1.97. The lowest BCUT2D eigenvalue weighted by atomic mass is 10.3. The van der Waals surface area contributed by atoms with E-state index in [1.807, 2.05) is 0 Å². The summed E-state index contributed by atoms with van der Waals surface area (Å²) < 4.78 is 10.4. The zero-order chi connectivity index (χ0) is 7.82. The van der Waals surface area contributed by atoms with Crippen LogP contribution in [0.2, 0.25) is 0 Å². The smallest absolute Gasteiger partial charge is 0.402 e. The van der Waals surface area contributed by atoms with Crippen LogP contribution >= 0.6 is 15.8 Å². The molecule has 0 spiro atoms. The summed E-state index contributed by atoms with van der Waals surface area (Å²) in [5.41, 5.74) is 0. The van der Waals surface area contributed by atoms with Gasteiger partial charge in [-0.2, -0.15) is 0 Å². The first-order valence-corrected chi connectivity index (χ1v) is 4.60. The first-order chi connectivity index (χ1) is 4.81. The third-order valence-electron chi connectivity index (χ3n) is 0.906. The minimum atomic E-state index is -0.215. The van der Waals surface area contributed by atoms with E-state index in [1.54, 1.807) is 0 Å². The van der Waals surface area contributed by atoms with Crippen LogP contribution in [0.4, 0.5) is 0 Å². The second-order valence-electron chi connectivity index (χ2n) is 2.02. The molecule has 0 atom stereocenters. The molecular weight excluding hydrogens is 195 g/mol. The number of rotatable bonds is 6. The normalized spacial score (nSPS) is 9.90. The Kier molecular flexibility index (Phi) is 7.92. The van der Waals surface area contributed by atoms with Crippen LogP contribution in [-0.2, 0) is 9.31 Å². The third-order valence-corrected chi connectivity index (χ3v) is 1.43. The Balaban J connectivity index is 3.00. The summed E-state index contributed by atoms with van der Waals surface area (Å²) >= 11 is 3.24. The molecule has 0 heterocycles. The van der Waals surface area contributed by atoms with Crippen molar-refractivity contribution in [3.63, 3.8) is 0 Å². The molecule has 0 aliphatic rings. The molecular formula is C6H14BBrO2. The molecule has 0 aromatic carbocycles. The highest BCUT2D eigenvalue weighted by Gasteiger charge is 2.10. The molecule has 2 nitrogen and oxygen atoms in total. The Morgan fingerprint density at radius 1 is 1.10 bits per heavy atom. The number of halogens is 1. The highest BCUT2D eigenvalue weighted by molar-refractivity contribution is 9.24. The van der Waals surface area contributed by atoms with Gasteiger partial charge in [-0.1, -0.05) is 29.6 Å². The summed E-state index contributed by atoms with van der Waals surface area (Å²) in [6.07, 6.45) is 2.05. The third kappa shape index (κ3) is 6.58. The van der Waals surface area contributed by atoms with E-state index in [1.165, 1.54) is 0 Å². The van der Waals surface area contributed by atoms with Gasteiger partial charge in [-0.05, 0) is 12.8 Å². The van der Waals surface area contributed by atoms with Gasteiger partial charge in [0, 0.05) is 13.2 Å². The molecule has 0 saturated carbocycles. The van der Waals surface area contributed by atoms with Crippen LogP contribution in [0.15, 0.2) is 0 Å². The van der Waals surface area contributed by atoms with Crippen LogP contribution < -0.4 is 0 Å². The van der Waals surface area contributed by atoms with Crippen molar-refractivity contribution in [1.29, 1.82) is 0 Å². The fourth-order valence-corrected chi connectivity index (χ4v) is 0.843. The van der Waals surface area contributed by atoms with Gasteiger partial charge < -0.3 is 9.31 Å². The Morgan fingerprint density at radius 3 is 1.80 bits per heavy atom. The van der Waals surface area contributed by atoms with E-state index in [9.17, 15) is 0 Å². The fourth-order valence-electron chi connectivity index (χ4n) is 0.469. The van der Waals surface area contributed by atoms with Crippen LogP contribution in [-0.4, -0.2) is 19.2 Å². The maximum absolute atomic E-state index is 5.19. The molecule has 10 heavy (non-hydrogen) atoms. The molecule has 0 radical (unpaired) electrons. The van der Waals surface area contributed by atoms with E-state index in [-0.39, 0.29) is 5.94 Å². The van der Waals surface area contributed by atoms with Gasteiger partial charge in [-0.25, -0.2) is 0 Å². The molecule has 0 fully saturated rings. The van der Waals surface area contributed by atoms with Crippen LogP contribution in [0.5, 0.6) is 0 Å². The van der Waals surface area contributed by atoms with E-state index in [0.29, 0.717) is 0 Å². The minimum absolute atomic E-state index is 0.215. The van der Waals surface area contributed by atoms with Gasteiger partial charge in [0.05, 0.1) is 0 Å². The molecule has 0 aliphatic carbocycles. The Hall–Kier alpha value is 0.465. The topological polar surface area (TPSA) is 18.5 Å². The van der Waals surface area contributed by atoms with Crippen molar-refractivity contribution in [3.8, 4) is 0 Å². The van der Waals surface area contributed by atoms with Crippen molar-refractivity contribution in [2.24, 2.45) is 0 Å². The van der Waals surface area contributed by atoms with Crippen molar-refractivity contribution in [2.45, 2.75) is 26.7 Å². The first kappa shape index (κ1) is 10.5. The highest BCUT2D eigenvalue weighted by atomic mass is 79.9. The molecule has 0 bridgehead atoms. The van der Waals surface area contributed by atoms with Gasteiger partial charge >= 0.3 is 5.94 Å². The SMILES string of the molecule is CCCOB(Br)OCCC. The minimum Gasteiger partial charge on any atom is -0.402 e. The molecule has 60 valence electrons. The van der Waals surface area contributed by atoms with E-state index in [4.69, 9.17) is 9.31 Å². The van der Waals surface area contributed by atoms with Crippen molar-refractivity contribution in [2.75, 3.05) is 13.2 Å². The summed E-state index contributed by atoms with van der Waals surface area (Å²) in [6, 6.07) is 0. The zero-order valence-corrected chi connectivity index (χ0v) is 8.19. The maximum atomic E-state index is 5.19. The molecule has 0 unspecified atom stereocenters. The lowest BCUT2D eigenvalue weighted by Gasteiger charge is -2.06. The Morgan fingerprint density at radius 2 is 1.50 bits per heavy atom. The molecule has 0 rings (SSSR count). The maximum Gasteiger partial charge on any atom is 0.539 e. The fraction of sp³-hybridized carbons (Fsp3) is 1.00. The first-order valence-electron chi connectivity index (χ1n) is 3.68. The molecule has 0 saturated heterocycles. The van der Waals surface area contributed by atoms with Crippen molar-refractivity contribution >= 4 is 21.7 Å². The molecule has 0 aliphatic heterocycles. The second-order valence-corrected chi connectivity index (χ2v) is 2.76. The molecule has 0 aromatic rings.